The van der Waals surface area contributed by atoms with E-state index in [1.807, 2.05) is 4.90 Å². The molecule has 2 N–H and O–H groups in total. The summed E-state index contributed by atoms with van der Waals surface area (Å²) in [6, 6.07) is 13.2. The average molecular weight is 394 g/mol. The predicted octanol–water partition coefficient (Wildman–Crippen LogP) is 3.68. The van der Waals surface area contributed by atoms with Crippen molar-refractivity contribution < 1.29 is 19.5 Å². The molecule has 29 heavy (non-hydrogen) atoms. The molecule has 1 fully saturated rings. The van der Waals surface area contributed by atoms with Gasteiger partial charge < -0.3 is 15.3 Å². The predicted molar refractivity (Wildman–Crippen MR) is 111 cm³/mol. The zero-order valence-electron chi connectivity index (χ0n) is 16.7. The molecule has 2 aromatic rings. The number of anilines is 1. The van der Waals surface area contributed by atoms with E-state index >= 15 is 0 Å². The van der Waals surface area contributed by atoms with Gasteiger partial charge in [0.05, 0.1) is 23.2 Å². The summed E-state index contributed by atoms with van der Waals surface area (Å²) in [7, 11) is 0. The highest BCUT2D eigenvalue weighted by Crippen LogP contribution is 2.25. The van der Waals surface area contributed by atoms with Gasteiger partial charge in [-0.3, -0.25) is 9.59 Å². The number of piperidine rings is 1. The summed E-state index contributed by atoms with van der Waals surface area (Å²) < 4.78 is 0. The van der Waals surface area contributed by atoms with E-state index in [0.29, 0.717) is 28.7 Å². The van der Waals surface area contributed by atoms with Crippen molar-refractivity contribution in [2.24, 2.45) is 11.8 Å². The molecule has 2 aromatic carbocycles. The molecule has 1 saturated heterocycles. The van der Waals surface area contributed by atoms with E-state index in [4.69, 9.17) is 5.11 Å². The van der Waals surface area contributed by atoms with Gasteiger partial charge in [0, 0.05) is 13.1 Å². The third kappa shape index (κ3) is 5.22. The van der Waals surface area contributed by atoms with Crippen LogP contribution in [0, 0.1) is 11.8 Å². The van der Waals surface area contributed by atoms with Gasteiger partial charge in [-0.2, -0.15) is 0 Å². The molecule has 0 radical (unpaired) electrons. The normalized spacial score (nSPS) is 18.9. The number of likely N-dealkylation sites (tertiary alicyclic amines) is 1. The molecule has 0 aliphatic carbocycles. The van der Waals surface area contributed by atoms with Gasteiger partial charge in [0.2, 0.25) is 5.91 Å². The second-order valence-corrected chi connectivity index (χ2v) is 7.93. The van der Waals surface area contributed by atoms with Crippen LogP contribution in [-0.4, -0.2) is 40.9 Å². The highest BCUT2D eigenvalue weighted by atomic mass is 16.4. The number of nitrogens with one attached hydrogen (secondary N) is 1. The Labute approximate surface area is 170 Å². The molecule has 0 spiro atoms. The molecule has 6 nitrogen and oxygen atoms in total. The largest absolute Gasteiger partial charge is 0.478 e. The summed E-state index contributed by atoms with van der Waals surface area (Å²) in [6.07, 6.45) is 1.21. The summed E-state index contributed by atoms with van der Waals surface area (Å²) in [5.74, 6) is -0.412. The number of carboxylic acids is 1. The smallest absolute Gasteiger partial charge is 0.335 e. The molecule has 0 bridgehead atoms. The lowest BCUT2D eigenvalue weighted by molar-refractivity contribution is -0.115. The van der Waals surface area contributed by atoms with Crippen molar-refractivity contribution in [1.29, 1.82) is 0 Å². The van der Waals surface area contributed by atoms with Crippen molar-refractivity contribution in [2.45, 2.75) is 26.7 Å². The van der Waals surface area contributed by atoms with E-state index in [1.165, 1.54) is 12.1 Å². The van der Waals surface area contributed by atoms with Crippen molar-refractivity contribution >= 4 is 23.5 Å². The van der Waals surface area contributed by atoms with Crippen molar-refractivity contribution in [2.75, 3.05) is 18.4 Å². The summed E-state index contributed by atoms with van der Waals surface area (Å²) >= 11 is 0. The van der Waals surface area contributed by atoms with Crippen LogP contribution in [0.3, 0.4) is 0 Å². The first kappa shape index (κ1) is 20.6. The number of carbonyl (C=O) groups is 3. The molecule has 6 heteroatoms. The quantitative estimate of drug-likeness (QED) is 0.810. The average Bonchev–Trinajstić information content (AvgIpc) is 2.67. The Kier molecular flexibility index (Phi) is 6.32. The molecule has 2 amide bonds. The lowest BCUT2D eigenvalue weighted by Crippen LogP contribution is -2.42. The number of carboxylic acid groups (broad SMARTS) is 1. The van der Waals surface area contributed by atoms with Crippen LogP contribution in [0.2, 0.25) is 0 Å². The molecule has 0 saturated carbocycles. The SMILES string of the molecule is CC1CC(C)CN(C(=O)c2ccccc2NC(=O)Cc2ccc(C(=O)O)cc2)C1. The number of hydrogen-bond acceptors (Lipinski definition) is 3. The summed E-state index contributed by atoms with van der Waals surface area (Å²) in [4.78, 5) is 38.4. The molecule has 0 aromatic heterocycles. The number of rotatable bonds is 5. The molecule has 1 aliphatic heterocycles. The zero-order chi connectivity index (χ0) is 21.0. The van der Waals surface area contributed by atoms with E-state index in [0.717, 1.165) is 19.5 Å². The Bertz CT molecular complexity index is 897. The Hall–Kier alpha value is -3.15. The van der Waals surface area contributed by atoms with Crippen LogP contribution >= 0.6 is 0 Å². The van der Waals surface area contributed by atoms with Crippen LogP contribution < -0.4 is 5.32 Å². The van der Waals surface area contributed by atoms with Crippen LogP contribution in [0.25, 0.3) is 0 Å². The lowest BCUT2D eigenvalue weighted by Gasteiger charge is -2.35. The summed E-state index contributed by atoms with van der Waals surface area (Å²) in [5.41, 5.74) is 1.86. The van der Waals surface area contributed by atoms with Gasteiger partial charge in [-0.05, 0) is 48.1 Å². The number of para-hydroxylation sites is 1. The topological polar surface area (TPSA) is 86.7 Å². The molecular weight excluding hydrogens is 368 g/mol. The van der Waals surface area contributed by atoms with Gasteiger partial charge in [-0.25, -0.2) is 4.79 Å². The Morgan fingerprint density at radius 1 is 1.00 bits per heavy atom. The Morgan fingerprint density at radius 2 is 1.62 bits per heavy atom. The fourth-order valence-electron chi connectivity index (χ4n) is 3.92. The van der Waals surface area contributed by atoms with E-state index in [2.05, 4.69) is 19.2 Å². The third-order valence-corrected chi connectivity index (χ3v) is 5.15. The van der Waals surface area contributed by atoms with Crippen molar-refractivity contribution in [3.05, 3.63) is 65.2 Å². The number of hydrogen-bond donors (Lipinski definition) is 2. The van der Waals surface area contributed by atoms with Crippen molar-refractivity contribution in [3.8, 4) is 0 Å². The Balaban J connectivity index is 1.70. The van der Waals surface area contributed by atoms with E-state index in [-0.39, 0.29) is 23.8 Å². The van der Waals surface area contributed by atoms with Crippen LogP contribution in [0.4, 0.5) is 5.69 Å². The summed E-state index contributed by atoms with van der Waals surface area (Å²) in [5, 5.41) is 11.8. The van der Waals surface area contributed by atoms with E-state index in [1.54, 1.807) is 36.4 Å². The first-order chi connectivity index (χ1) is 13.8. The molecular formula is C23H26N2O4. The minimum absolute atomic E-state index is 0.0647. The monoisotopic (exact) mass is 394 g/mol. The van der Waals surface area contributed by atoms with Crippen LogP contribution in [-0.2, 0) is 11.2 Å². The molecule has 1 heterocycles. The van der Waals surface area contributed by atoms with Gasteiger partial charge in [-0.15, -0.1) is 0 Å². The van der Waals surface area contributed by atoms with Crippen molar-refractivity contribution in [1.82, 2.24) is 4.90 Å². The van der Waals surface area contributed by atoms with Crippen molar-refractivity contribution in [3.63, 3.8) is 0 Å². The van der Waals surface area contributed by atoms with Crippen LogP contribution in [0.1, 0.15) is 46.5 Å². The maximum atomic E-state index is 13.1. The van der Waals surface area contributed by atoms with Crippen LogP contribution in [0.15, 0.2) is 48.5 Å². The maximum absolute atomic E-state index is 13.1. The number of benzene rings is 2. The third-order valence-electron chi connectivity index (χ3n) is 5.15. The molecule has 2 unspecified atom stereocenters. The highest BCUT2D eigenvalue weighted by Gasteiger charge is 2.27. The van der Waals surface area contributed by atoms with Gasteiger partial charge in [0.25, 0.3) is 5.91 Å². The second-order valence-electron chi connectivity index (χ2n) is 7.93. The van der Waals surface area contributed by atoms with Crippen LogP contribution in [0.5, 0.6) is 0 Å². The second kappa shape index (κ2) is 8.90. The first-order valence-corrected chi connectivity index (χ1v) is 9.84. The molecule has 3 rings (SSSR count). The van der Waals surface area contributed by atoms with E-state index in [9.17, 15) is 14.4 Å². The molecule has 1 aliphatic rings. The van der Waals surface area contributed by atoms with Gasteiger partial charge >= 0.3 is 5.97 Å². The minimum Gasteiger partial charge on any atom is -0.478 e. The van der Waals surface area contributed by atoms with Gasteiger partial charge in [0.15, 0.2) is 0 Å². The van der Waals surface area contributed by atoms with Gasteiger partial charge in [-0.1, -0.05) is 38.1 Å². The zero-order valence-corrected chi connectivity index (χ0v) is 16.7. The molecule has 152 valence electrons. The maximum Gasteiger partial charge on any atom is 0.335 e. The standard InChI is InChI=1S/C23H26N2O4/c1-15-11-16(2)14-25(13-15)22(27)19-5-3-4-6-20(19)24-21(26)12-17-7-9-18(10-8-17)23(28)29/h3-10,15-16H,11-14H2,1-2H3,(H,24,26)(H,28,29). The number of aromatic carboxylic acids is 1. The fourth-order valence-corrected chi connectivity index (χ4v) is 3.92. The number of nitrogens with zero attached hydrogens (tertiary/aromatic N) is 1. The lowest BCUT2D eigenvalue weighted by atomic mass is 9.91. The minimum atomic E-state index is -1.00. The molecule has 2 atom stereocenters. The Morgan fingerprint density at radius 3 is 2.24 bits per heavy atom. The number of carbonyl (C=O) groups excluding carboxylic acids is 2. The highest BCUT2D eigenvalue weighted by molar-refractivity contribution is 6.04. The number of amides is 2. The van der Waals surface area contributed by atoms with E-state index < -0.39 is 5.97 Å². The fraction of sp³-hybridized carbons (Fsp3) is 0.348. The first-order valence-electron chi connectivity index (χ1n) is 9.84. The summed E-state index contributed by atoms with van der Waals surface area (Å²) in [6.45, 7) is 5.75. The van der Waals surface area contributed by atoms with Gasteiger partial charge in [0.1, 0.15) is 0 Å².